The first-order valence-electron chi connectivity index (χ1n) is 5.89. The van der Waals surface area contributed by atoms with Crippen molar-refractivity contribution in [3.63, 3.8) is 0 Å². The van der Waals surface area contributed by atoms with Crippen LogP contribution < -0.4 is 5.73 Å². The number of hydrogen-bond donors (Lipinski definition) is 1. The van der Waals surface area contributed by atoms with Gasteiger partial charge >= 0.3 is 0 Å². The predicted molar refractivity (Wildman–Crippen MR) is 77.3 cm³/mol. The molecule has 0 aliphatic carbocycles. The van der Waals surface area contributed by atoms with Crippen molar-refractivity contribution in [2.45, 2.75) is 26.3 Å². The Morgan fingerprint density at radius 1 is 1.28 bits per heavy atom. The SMILES string of the molecule is Cc1ccc(-c2ncc(CC(C)N)cn2)c(Br)c1. The van der Waals surface area contributed by atoms with E-state index >= 15 is 0 Å². The fraction of sp³-hybridized carbons (Fsp3) is 0.286. The molecular weight excluding hydrogens is 290 g/mol. The zero-order valence-corrected chi connectivity index (χ0v) is 12.1. The third-order valence-corrected chi connectivity index (χ3v) is 3.28. The zero-order valence-electron chi connectivity index (χ0n) is 10.5. The molecule has 4 heteroatoms. The molecule has 2 aromatic rings. The molecule has 0 aliphatic heterocycles. The average molecular weight is 306 g/mol. The van der Waals surface area contributed by atoms with Gasteiger partial charge in [0.15, 0.2) is 5.82 Å². The Bertz CT molecular complexity index is 535. The molecule has 0 spiro atoms. The Balaban J connectivity index is 2.28. The van der Waals surface area contributed by atoms with Crippen molar-refractivity contribution in [1.29, 1.82) is 0 Å². The normalized spacial score (nSPS) is 12.4. The molecule has 1 aromatic heterocycles. The van der Waals surface area contributed by atoms with Crippen LogP contribution in [0, 0.1) is 6.92 Å². The van der Waals surface area contributed by atoms with Gasteiger partial charge < -0.3 is 5.73 Å². The summed E-state index contributed by atoms with van der Waals surface area (Å²) in [6.07, 6.45) is 4.49. The largest absolute Gasteiger partial charge is 0.328 e. The molecule has 3 nitrogen and oxygen atoms in total. The van der Waals surface area contributed by atoms with Crippen LogP contribution in [0.3, 0.4) is 0 Å². The maximum absolute atomic E-state index is 5.75. The van der Waals surface area contributed by atoms with Gasteiger partial charge in [0, 0.05) is 28.5 Å². The maximum Gasteiger partial charge on any atom is 0.160 e. The maximum atomic E-state index is 5.75. The van der Waals surface area contributed by atoms with Crippen molar-refractivity contribution in [1.82, 2.24) is 9.97 Å². The summed E-state index contributed by atoms with van der Waals surface area (Å²) in [7, 11) is 0. The second-order valence-corrected chi connectivity index (χ2v) is 5.43. The molecule has 1 heterocycles. The Morgan fingerprint density at radius 2 is 1.94 bits per heavy atom. The van der Waals surface area contributed by atoms with Crippen LogP contribution in [-0.2, 0) is 6.42 Å². The van der Waals surface area contributed by atoms with Crippen molar-refractivity contribution in [2.75, 3.05) is 0 Å². The number of nitrogens with two attached hydrogens (primary N) is 1. The molecular formula is C14H16BrN3. The highest BCUT2D eigenvalue weighted by Crippen LogP contribution is 2.26. The Labute approximate surface area is 116 Å². The summed E-state index contributed by atoms with van der Waals surface area (Å²) in [6.45, 7) is 4.03. The quantitative estimate of drug-likeness (QED) is 0.948. The smallest absolute Gasteiger partial charge is 0.160 e. The topological polar surface area (TPSA) is 51.8 Å². The lowest BCUT2D eigenvalue weighted by Crippen LogP contribution is -2.18. The minimum atomic E-state index is 0.130. The van der Waals surface area contributed by atoms with Crippen LogP contribution in [0.25, 0.3) is 11.4 Å². The summed E-state index contributed by atoms with van der Waals surface area (Å²) in [5.41, 5.74) is 9.03. The van der Waals surface area contributed by atoms with Gasteiger partial charge in [-0.15, -0.1) is 0 Å². The third-order valence-electron chi connectivity index (χ3n) is 2.63. The molecule has 2 rings (SSSR count). The Hall–Kier alpha value is -1.26. The molecule has 94 valence electrons. The Kier molecular flexibility index (Phi) is 4.09. The molecule has 2 N–H and O–H groups in total. The van der Waals surface area contributed by atoms with E-state index < -0.39 is 0 Å². The minimum Gasteiger partial charge on any atom is -0.328 e. The molecule has 1 aromatic carbocycles. The van der Waals surface area contributed by atoms with Crippen LogP contribution >= 0.6 is 15.9 Å². The molecule has 0 amide bonds. The number of nitrogens with zero attached hydrogens (tertiary/aromatic N) is 2. The van der Waals surface area contributed by atoms with Crippen molar-refractivity contribution in [3.05, 3.63) is 46.2 Å². The lowest BCUT2D eigenvalue weighted by molar-refractivity contribution is 0.732. The first-order valence-corrected chi connectivity index (χ1v) is 6.68. The minimum absolute atomic E-state index is 0.130. The second-order valence-electron chi connectivity index (χ2n) is 4.58. The van der Waals surface area contributed by atoms with E-state index in [1.54, 1.807) is 0 Å². The highest BCUT2D eigenvalue weighted by molar-refractivity contribution is 9.10. The van der Waals surface area contributed by atoms with Gasteiger partial charge in [-0.1, -0.05) is 22.0 Å². The van der Waals surface area contributed by atoms with Crippen LogP contribution in [0.1, 0.15) is 18.1 Å². The van der Waals surface area contributed by atoms with Gasteiger partial charge in [-0.25, -0.2) is 9.97 Å². The summed E-state index contributed by atoms with van der Waals surface area (Å²) in [5.74, 6) is 0.732. The monoisotopic (exact) mass is 305 g/mol. The van der Waals surface area contributed by atoms with Crippen molar-refractivity contribution >= 4 is 15.9 Å². The fourth-order valence-electron chi connectivity index (χ4n) is 1.77. The van der Waals surface area contributed by atoms with Gasteiger partial charge in [0.05, 0.1) is 0 Å². The van der Waals surface area contributed by atoms with Gasteiger partial charge in [-0.05, 0) is 43.5 Å². The standard InChI is InChI=1S/C14H16BrN3/c1-9-3-4-12(13(15)5-9)14-17-7-11(8-18-14)6-10(2)16/h3-5,7-8,10H,6,16H2,1-2H3. The van der Waals surface area contributed by atoms with E-state index in [2.05, 4.69) is 45.0 Å². The van der Waals surface area contributed by atoms with E-state index in [0.717, 1.165) is 27.8 Å². The first kappa shape index (κ1) is 13.2. The molecule has 0 fully saturated rings. The van der Waals surface area contributed by atoms with Crippen LogP contribution in [0.15, 0.2) is 35.1 Å². The summed E-state index contributed by atoms with van der Waals surface area (Å²) in [5, 5.41) is 0. The predicted octanol–water partition coefficient (Wildman–Crippen LogP) is 3.10. The van der Waals surface area contributed by atoms with Gasteiger partial charge in [-0.3, -0.25) is 0 Å². The lowest BCUT2D eigenvalue weighted by atomic mass is 10.1. The number of hydrogen-bond acceptors (Lipinski definition) is 3. The van der Waals surface area contributed by atoms with Crippen LogP contribution in [0.4, 0.5) is 0 Å². The molecule has 18 heavy (non-hydrogen) atoms. The summed E-state index contributed by atoms with van der Waals surface area (Å²) in [6, 6.07) is 6.28. The molecule has 0 saturated carbocycles. The number of benzene rings is 1. The van der Waals surface area contributed by atoms with Gasteiger partial charge in [0.1, 0.15) is 0 Å². The highest BCUT2D eigenvalue weighted by atomic mass is 79.9. The van der Waals surface area contributed by atoms with E-state index in [4.69, 9.17) is 5.73 Å². The Morgan fingerprint density at radius 3 is 2.50 bits per heavy atom. The van der Waals surface area contributed by atoms with Crippen LogP contribution in [-0.4, -0.2) is 16.0 Å². The molecule has 0 saturated heterocycles. The van der Waals surface area contributed by atoms with E-state index in [9.17, 15) is 0 Å². The summed E-state index contributed by atoms with van der Waals surface area (Å²) >= 11 is 3.54. The molecule has 1 atom stereocenters. The number of rotatable bonds is 3. The molecule has 0 aliphatic rings. The van der Waals surface area contributed by atoms with E-state index in [1.165, 1.54) is 5.56 Å². The zero-order chi connectivity index (χ0) is 13.1. The van der Waals surface area contributed by atoms with E-state index in [0.29, 0.717) is 0 Å². The van der Waals surface area contributed by atoms with Gasteiger partial charge in [0.25, 0.3) is 0 Å². The van der Waals surface area contributed by atoms with Gasteiger partial charge in [-0.2, -0.15) is 0 Å². The first-order chi connectivity index (χ1) is 8.56. The van der Waals surface area contributed by atoms with Crippen LogP contribution in [0.2, 0.25) is 0 Å². The summed E-state index contributed by atoms with van der Waals surface area (Å²) < 4.78 is 1.02. The van der Waals surface area contributed by atoms with Crippen molar-refractivity contribution in [3.8, 4) is 11.4 Å². The van der Waals surface area contributed by atoms with E-state index in [-0.39, 0.29) is 6.04 Å². The fourth-order valence-corrected chi connectivity index (χ4v) is 2.44. The molecule has 0 radical (unpaired) electrons. The van der Waals surface area contributed by atoms with Crippen molar-refractivity contribution < 1.29 is 0 Å². The third kappa shape index (κ3) is 3.15. The molecule has 1 unspecified atom stereocenters. The van der Waals surface area contributed by atoms with Crippen molar-refractivity contribution in [2.24, 2.45) is 5.73 Å². The number of aryl methyl sites for hydroxylation is 1. The van der Waals surface area contributed by atoms with E-state index in [1.807, 2.05) is 25.4 Å². The molecule has 0 bridgehead atoms. The second kappa shape index (κ2) is 5.59. The van der Waals surface area contributed by atoms with Crippen LogP contribution in [0.5, 0.6) is 0 Å². The average Bonchev–Trinajstić information content (AvgIpc) is 2.30. The highest BCUT2D eigenvalue weighted by Gasteiger charge is 2.06. The summed E-state index contributed by atoms with van der Waals surface area (Å²) in [4.78, 5) is 8.79. The number of aromatic nitrogens is 2. The van der Waals surface area contributed by atoms with Gasteiger partial charge in [0.2, 0.25) is 0 Å². The lowest BCUT2D eigenvalue weighted by Gasteiger charge is -2.07. The number of halogens is 1.